The van der Waals surface area contributed by atoms with Gasteiger partial charge in [-0.2, -0.15) is 0 Å². The van der Waals surface area contributed by atoms with Crippen LogP contribution in [0.4, 0.5) is 5.69 Å². The van der Waals surface area contributed by atoms with Gasteiger partial charge >= 0.3 is 0 Å². The van der Waals surface area contributed by atoms with E-state index in [0.717, 1.165) is 17.5 Å². The van der Waals surface area contributed by atoms with E-state index in [1.54, 1.807) is 0 Å². The second kappa shape index (κ2) is 5.66. The van der Waals surface area contributed by atoms with Crippen LogP contribution in [0.5, 0.6) is 0 Å². The van der Waals surface area contributed by atoms with Crippen molar-refractivity contribution in [2.45, 2.75) is 26.3 Å². The second-order valence-corrected chi connectivity index (χ2v) is 6.11. The molecule has 1 nitrogen and oxygen atoms in total. The molecule has 1 atom stereocenters. The third-order valence-corrected chi connectivity index (χ3v) is 4.10. The monoisotopic (exact) mass is 275 g/mol. The summed E-state index contributed by atoms with van der Waals surface area (Å²) in [4.78, 5) is 2.39. The molecule has 1 aliphatic heterocycles. The Kier molecular flexibility index (Phi) is 3.71. The van der Waals surface area contributed by atoms with E-state index in [1.807, 2.05) is 0 Å². The second-order valence-electron chi connectivity index (χ2n) is 6.11. The smallest absolute Gasteiger partial charge is 0.0554 e. The minimum atomic E-state index is 0.372. The first-order valence-electron chi connectivity index (χ1n) is 7.59. The lowest BCUT2D eigenvalue weighted by Gasteiger charge is -2.34. The first-order valence-corrected chi connectivity index (χ1v) is 7.59. The summed E-state index contributed by atoms with van der Waals surface area (Å²) in [5.41, 5.74) is 4.84. The van der Waals surface area contributed by atoms with Crippen LogP contribution in [0.2, 0.25) is 0 Å². The Hall–Kier alpha value is -2.20. The lowest BCUT2D eigenvalue weighted by molar-refractivity contribution is 0.492. The number of anilines is 1. The SMILES string of the molecule is CC(C)CC1c2ccccc2C#Cc2ccccc2N1C. The van der Waals surface area contributed by atoms with Crippen LogP contribution in [0.3, 0.4) is 0 Å². The minimum absolute atomic E-state index is 0.372. The van der Waals surface area contributed by atoms with Crippen LogP contribution >= 0.6 is 0 Å². The fraction of sp³-hybridized carbons (Fsp3) is 0.300. The number of rotatable bonds is 2. The molecule has 2 aromatic rings. The van der Waals surface area contributed by atoms with Gasteiger partial charge in [0.25, 0.3) is 0 Å². The van der Waals surface area contributed by atoms with Crippen LogP contribution in [0.1, 0.15) is 43.0 Å². The average molecular weight is 275 g/mol. The number of nitrogens with zero attached hydrogens (tertiary/aromatic N) is 1. The standard InChI is InChI=1S/C20H21N/c1-15(2)14-20-18-10-6-4-8-16(18)12-13-17-9-5-7-11-19(17)21(20)3/h4-11,15,20H,14H2,1-3H3. The summed E-state index contributed by atoms with van der Waals surface area (Å²) in [6.45, 7) is 4.57. The lowest BCUT2D eigenvalue weighted by Crippen LogP contribution is -2.27. The molecule has 0 aromatic heterocycles. The van der Waals surface area contributed by atoms with Crippen molar-refractivity contribution in [3.8, 4) is 11.8 Å². The zero-order chi connectivity index (χ0) is 14.8. The van der Waals surface area contributed by atoms with E-state index >= 15 is 0 Å². The molecule has 2 aromatic carbocycles. The van der Waals surface area contributed by atoms with Gasteiger partial charge in [-0.15, -0.1) is 0 Å². The molecule has 0 spiro atoms. The number of fused-ring (bicyclic) bond motifs is 2. The first kappa shape index (κ1) is 13.8. The highest BCUT2D eigenvalue weighted by Gasteiger charge is 2.23. The van der Waals surface area contributed by atoms with Gasteiger partial charge in [0.15, 0.2) is 0 Å². The van der Waals surface area contributed by atoms with Gasteiger partial charge < -0.3 is 4.90 Å². The highest BCUT2D eigenvalue weighted by atomic mass is 15.1. The van der Waals surface area contributed by atoms with Crippen molar-refractivity contribution in [1.29, 1.82) is 0 Å². The zero-order valence-electron chi connectivity index (χ0n) is 12.9. The minimum Gasteiger partial charge on any atom is -0.366 e. The highest BCUT2D eigenvalue weighted by Crippen LogP contribution is 2.35. The molecule has 21 heavy (non-hydrogen) atoms. The van der Waals surface area contributed by atoms with Gasteiger partial charge in [0.2, 0.25) is 0 Å². The van der Waals surface area contributed by atoms with E-state index in [9.17, 15) is 0 Å². The van der Waals surface area contributed by atoms with Crippen molar-refractivity contribution < 1.29 is 0 Å². The molecule has 1 heterocycles. The summed E-state index contributed by atoms with van der Waals surface area (Å²) >= 11 is 0. The molecule has 0 amide bonds. The molecule has 106 valence electrons. The molecule has 1 unspecified atom stereocenters. The van der Waals surface area contributed by atoms with Gasteiger partial charge in [-0.05, 0) is 36.1 Å². The Morgan fingerprint density at radius 2 is 1.57 bits per heavy atom. The summed E-state index contributed by atoms with van der Waals surface area (Å²) in [7, 11) is 2.19. The summed E-state index contributed by atoms with van der Waals surface area (Å²) in [5, 5.41) is 0. The third kappa shape index (κ3) is 2.67. The van der Waals surface area contributed by atoms with Crippen LogP contribution < -0.4 is 4.90 Å². The topological polar surface area (TPSA) is 3.24 Å². The normalized spacial score (nSPS) is 16.4. The van der Waals surface area contributed by atoms with Crippen molar-refractivity contribution in [3.63, 3.8) is 0 Å². The molecular weight excluding hydrogens is 254 g/mol. The predicted molar refractivity (Wildman–Crippen MR) is 89.5 cm³/mol. The highest BCUT2D eigenvalue weighted by molar-refractivity contribution is 5.65. The van der Waals surface area contributed by atoms with Crippen LogP contribution in [0.15, 0.2) is 48.5 Å². The van der Waals surface area contributed by atoms with E-state index in [1.165, 1.54) is 11.3 Å². The fourth-order valence-electron chi connectivity index (χ4n) is 3.03. The van der Waals surface area contributed by atoms with Crippen molar-refractivity contribution in [1.82, 2.24) is 0 Å². The van der Waals surface area contributed by atoms with E-state index in [4.69, 9.17) is 0 Å². The lowest BCUT2D eigenvalue weighted by atomic mass is 9.90. The van der Waals surface area contributed by atoms with Crippen molar-refractivity contribution in [2.24, 2.45) is 5.92 Å². The van der Waals surface area contributed by atoms with Crippen LogP contribution in [0, 0.1) is 17.8 Å². The Balaban J connectivity index is 2.20. The van der Waals surface area contributed by atoms with Crippen LogP contribution in [-0.4, -0.2) is 7.05 Å². The van der Waals surface area contributed by atoms with Gasteiger partial charge in [-0.25, -0.2) is 0 Å². The van der Waals surface area contributed by atoms with E-state index in [-0.39, 0.29) is 0 Å². The average Bonchev–Trinajstić information content (AvgIpc) is 2.49. The maximum Gasteiger partial charge on any atom is 0.0554 e. The Bertz CT molecular complexity index is 703. The maximum atomic E-state index is 3.37. The Morgan fingerprint density at radius 3 is 2.33 bits per heavy atom. The van der Waals surface area contributed by atoms with E-state index in [2.05, 4.69) is 86.2 Å². The maximum absolute atomic E-state index is 3.37. The molecule has 0 aliphatic carbocycles. The number of hydrogen-bond acceptors (Lipinski definition) is 1. The predicted octanol–water partition coefficient (Wildman–Crippen LogP) is 4.62. The molecule has 0 fully saturated rings. The van der Waals surface area contributed by atoms with Crippen molar-refractivity contribution in [2.75, 3.05) is 11.9 Å². The van der Waals surface area contributed by atoms with Crippen molar-refractivity contribution in [3.05, 3.63) is 65.2 Å². The molecule has 1 aliphatic rings. The quantitative estimate of drug-likeness (QED) is 0.723. The van der Waals surface area contributed by atoms with Gasteiger partial charge in [-0.1, -0.05) is 56.0 Å². The summed E-state index contributed by atoms with van der Waals surface area (Å²) in [5.74, 6) is 7.35. The van der Waals surface area contributed by atoms with Gasteiger partial charge in [-0.3, -0.25) is 0 Å². The number of benzene rings is 2. The summed E-state index contributed by atoms with van der Waals surface area (Å²) in [6.07, 6.45) is 1.13. The fourth-order valence-corrected chi connectivity index (χ4v) is 3.03. The summed E-state index contributed by atoms with van der Waals surface area (Å²) < 4.78 is 0. The molecule has 3 rings (SSSR count). The van der Waals surface area contributed by atoms with Gasteiger partial charge in [0.05, 0.1) is 11.7 Å². The zero-order valence-corrected chi connectivity index (χ0v) is 12.9. The van der Waals surface area contributed by atoms with E-state index in [0.29, 0.717) is 12.0 Å². The van der Waals surface area contributed by atoms with Gasteiger partial charge in [0, 0.05) is 18.2 Å². The van der Waals surface area contributed by atoms with E-state index < -0.39 is 0 Å². The van der Waals surface area contributed by atoms with Gasteiger partial charge in [0.1, 0.15) is 0 Å². The molecular formula is C20H21N. The van der Waals surface area contributed by atoms with Crippen LogP contribution in [0.25, 0.3) is 0 Å². The molecule has 0 N–H and O–H groups in total. The third-order valence-electron chi connectivity index (χ3n) is 4.10. The molecule has 0 saturated heterocycles. The molecule has 1 heteroatoms. The van der Waals surface area contributed by atoms with Crippen molar-refractivity contribution >= 4 is 5.69 Å². The largest absolute Gasteiger partial charge is 0.366 e. The Labute approximate surface area is 127 Å². The molecule has 0 saturated carbocycles. The molecule has 0 radical (unpaired) electrons. The first-order chi connectivity index (χ1) is 10.2. The number of hydrogen-bond donors (Lipinski definition) is 0. The summed E-state index contributed by atoms with van der Waals surface area (Å²) in [6, 6.07) is 17.4. The Morgan fingerprint density at radius 1 is 0.952 bits per heavy atom. The number of para-hydroxylation sites is 1. The molecule has 0 bridgehead atoms. The van der Waals surface area contributed by atoms with Crippen LogP contribution in [-0.2, 0) is 0 Å².